The molecular weight excluding hydrogens is 1030 g/mol. The number of hydrogen-bond donors (Lipinski definition) is 9. The maximum absolute atomic E-state index is 13.2. The quantitative estimate of drug-likeness (QED) is 0.0205. The van der Waals surface area contributed by atoms with E-state index < -0.39 is 86.8 Å². The smallest absolute Gasteiger partial charge is 0.220 e. The first-order valence-corrected chi connectivity index (χ1v) is 30.2. The Hall–Kier alpha value is -4.39. The van der Waals surface area contributed by atoms with E-state index in [0.29, 0.717) is 6.42 Å². The molecule has 0 aromatic rings. The molecule has 2 aliphatic rings. The van der Waals surface area contributed by atoms with Crippen molar-refractivity contribution in [3.8, 4) is 0 Å². The number of hydrogen-bond acceptors (Lipinski definition) is 13. The van der Waals surface area contributed by atoms with Gasteiger partial charge < -0.3 is 65.1 Å². The molecule has 0 bridgehead atoms. The topological polar surface area (TPSA) is 228 Å². The van der Waals surface area contributed by atoms with E-state index in [2.05, 4.69) is 165 Å². The summed E-state index contributed by atoms with van der Waals surface area (Å²) in [5.74, 6) is -0.294. The summed E-state index contributed by atoms with van der Waals surface area (Å²) in [6.45, 7) is 2.56. The molecule has 0 aromatic carbocycles. The molecule has 2 heterocycles. The lowest BCUT2D eigenvalue weighted by atomic mass is 9.97. The molecule has 0 aromatic heterocycles. The molecule has 2 saturated heterocycles. The predicted molar refractivity (Wildman–Crippen MR) is 327 cm³/mol. The van der Waals surface area contributed by atoms with Crippen LogP contribution >= 0.6 is 0 Å². The molecular formula is C67H105NO13. The fourth-order valence-corrected chi connectivity index (χ4v) is 8.62. The molecule has 2 aliphatic heterocycles. The van der Waals surface area contributed by atoms with Gasteiger partial charge >= 0.3 is 0 Å². The zero-order valence-corrected chi connectivity index (χ0v) is 48.9. The standard InChI is InChI=1S/C67H105NO13/c1-3-5-7-9-11-13-14-15-16-17-18-19-20-21-22-23-24-25-26-27-28-29-30-31-32-33-34-35-36-37-38-39-40-41-42-43-45-47-49-51-59(72)68-55(56(71)50-48-46-44-12-10-8-6-4-2)54-78-66-64(77)62(75)65(58(53-70)80-66)81-67-63(76)61(74)60(73)57(52-69)79-67/h5,7,11,13,15-16,18-19,21-22,24-25,27-28,30-31,33-34,36-37,39-40,42-43,48,50,55-58,60-67,69-71,73-77H,3-4,6,8-10,12,14,17,20,23,26,29,32,35,38,41,44-47,49,51-54H2,1-2H3,(H,68,72)/b7-5-,13-11-,16-15-,19-18-,22-21-,25-24-,28-27-,31-30-,34-33-,37-36-,40-39-,43-42-,50-48+. The maximum Gasteiger partial charge on any atom is 0.220 e. The Kier molecular flexibility index (Phi) is 45.0. The van der Waals surface area contributed by atoms with Gasteiger partial charge in [-0.15, -0.1) is 0 Å². The Bertz CT molecular complexity index is 1960. The monoisotopic (exact) mass is 1130 g/mol. The zero-order valence-electron chi connectivity index (χ0n) is 48.9. The Morgan fingerprint density at radius 3 is 1.31 bits per heavy atom. The lowest BCUT2D eigenvalue weighted by Gasteiger charge is -2.46. The molecule has 2 rings (SSSR count). The summed E-state index contributed by atoms with van der Waals surface area (Å²) in [6, 6.07) is -0.947. The van der Waals surface area contributed by atoms with E-state index in [4.69, 9.17) is 18.9 Å². The third-order valence-corrected chi connectivity index (χ3v) is 13.5. The molecule has 12 atom stereocenters. The van der Waals surface area contributed by atoms with Crippen LogP contribution in [0.4, 0.5) is 0 Å². The van der Waals surface area contributed by atoms with E-state index in [-0.39, 0.29) is 18.9 Å². The summed E-state index contributed by atoms with van der Waals surface area (Å²) in [5.41, 5.74) is 0. The fraction of sp³-hybridized carbons (Fsp3) is 0.597. The van der Waals surface area contributed by atoms with Gasteiger partial charge in [-0.2, -0.15) is 0 Å². The van der Waals surface area contributed by atoms with Gasteiger partial charge in [0.2, 0.25) is 5.91 Å². The Balaban J connectivity index is 1.64. The number of aliphatic hydroxyl groups is 8. The number of unbranched alkanes of at least 4 members (excludes halogenated alkanes) is 8. The molecule has 14 heteroatoms. The van der Waals surface area contributed by atoms with Crippen LogP contribution in [0, 0.1) is 0 Å². The molecule has 0 radical (unpaired) electrons. The number of aliphatic hydroxyl groups excluding tert-OH is 8. The van der Waals surface area contributed by atoms with Gasteiger partial charge in [0.25, 0.3) is 0 Å². The van der Waals surface area contributed by atoms with Crippen molar-refractivity contribution in [2.24, 2.45) is 0 Å². The van der Waals surface area contributed by atoms with Crippen molar-refractivity contribution < 1.29 is 64.6 Å². The van der Waals surface area contributed by atoms with Crippen LogP contribution in [-0.4, -0.2) is 140 Å². The number of amides is 1. The summed E-state index contributed by atoms with van der Waals surface area (Å²) >= 11 is 0. The average Bonchev–Trinajstić information content (AvgIpc) is 3.51. The van der Waals surface area contributed by atoms with E-state index >= 15 is 0 Å². The molecule has 9 N–H and O–H groups in total. The van der Waals surface area contributed by atoms with Crippen LogP contribution in [0.5, 0.6) is 0 Å². The van der Waals surface area contributed by atoms with Crippen LogP contribution in [-0.2, 0) is 23.7 Å². The second-order valence-electron chi connectivity index (χ2n) is 20.4. The molecule has 0 saturated carbocycles. The Morgan fingerprint density at radius 2 is 0.852 bits per heavy atom. The van der Waals surface area contributed by atoms with Crippen LogP contribution in [0.1, 0.15) is 162 Å². The van der Waals surface area contributed by atoms with Gasteiger partial charge in [0.1, 0.15) is 48.8 Å². The Labute approximate surface area is 486 Å². The molecule has 2 fully saturated rings. The number of rotatable bonds is 45. The maximum atomic E-state index is 13.2. The minimum Gasteiger partial charge on any atom is -0.394 e. The number of carbonyl (C=O) groups is 1. The summed E-state index contributed by atoms with van der Waals surface area (Å²) in [6.07, 6.45) is 60.4. The Morgan fingerprint density at radius 1 is 0.457 bits per heavy atom. The van der Waals surface area contributed by atoms with E-state index in [1.54, 1.807) is 6.08 Å². The van der Waals surface area contributed by atoms with Gasteiger partial charge in [-0.3, -0.25) is 4.79 Å². The highest BCUT2D eigenvalue weighted by Crippen LogP contribution is 2.30. The molecule has 0 aliphatic carbocycles. The van der Waals surface area contributed by atoms with E-state index in [1.165, 1.54) is 19.3 Å². The number of nitrogens with one attached hydrogen (secondary N) is 1. The van der Waals surface area contributed by atoms with Gasteiger partial charge in [0, 0.05) is 6.42 Å². The van der Waals surface area contributed by atoms with Gasteiger partial charge in [-0.05, 0) is 109 Å². The molecule has 0 spiro atoms. The van der Waals surface area contributed by atoms with Crippen molar-refractivity contribution >= 4 is 5.91 Å². The highest BCUT2D eigenvalue weighted by Gasteiger charge is 2.51. The van der Waals surface area contributed by atoms with Crippen molar-refractivity contribution in [3.05, 3.63) is 158 Å². The van der Waals surface area contributed by atoms with Crippen molar-refractivity contribution in [2.75, 3.05) is 19.8 Å². The third-order valence-electron chi connectivity index (χ3n) is 13.5. The summed E-state index contributed by atoms with van der Waals surface area (Å²) < 4.78 is 22.6. The number of ether oxygens (including phenoxy) is 4. The van der Waals surface area contributed by atoms with Crippen molar-refractivity contribution in [1.29, 1.82) is 0 Å². The average molecular weight is 1130 g/mol. The minimum absolute atomic E-state index is 0.214. The summed E-state index contributed by atoms with van der Waals surface area (Å²) in [5, 5.41) is 86.6. The largest absolute Gasteiger partial charge is 0.394 e. The normalized spacial score (nSPS) is 25.3. The van der Waals surface area contributed by atoms with Gasteiger partial charge in [-0.1, -0.05) is 204 Å². The minimum atomic E-state index is -1.80. The van der Waals surface area contributed by atoms with E-state index in [1.807, 2.05) is 6.08 Å². The fourth-order valence-electron chi connectivity index (χ4n) is 8.62. The second kappa shape index (κ2) is 50.2. The lowest BCUT2D eigenvalue weighted by molar-refractivity contribution is -0.359. The predicted octanol–water partition coefficient (Wildman–Crippen LogP) is 10.7. The lowest BCUT2D eigenvalue weighted by Crippen LogP contribution is -2.65. The molecule has 1 amide bonds. The molecule has 14 nitrogen and oxygen atoms in total. The van der Waals surface area contributed by atoms with Gasteiger partial charge in [0.15, 0.2) is 12.6 Å². The molecule has 81 heavy (non-hydrogen) atoms. The third kappa shape index (κ3) is 35.4. The van der Waals surface area contributed by atoms with Gasteiger partial charge in [0.05, 0.1) is 32.0 Å². The van der Waals surface area contributed by atoms with Gasteiger partial charge in [-0.25, -0.2) is 0 Å². The number of allylic oxidation sites excluding steroid dienone is 25. The van der Waals surface area contributed by atoms with E-state index in [9.17, 15) is 45.6 Å². The van der Waals surface area contributed by atoms with Crippen molar-refractivity contribution in [1.82, 2.24) is 5.32 Å². The van der Waals surface area contributed by atoms with E-state index in [0.717, 1.165) is 116 Å². The summed E-state index contributed by atoms with van der Waals surface area (Å²) in [7, 11) is 0. The van der Waals surface area contributed by atoms with Crippen LogP contribution in [0.25, 0.3) is 0 Å². The molecule has 12 unspecified atom stereocenters. The SMILES string of the molecule is CC/C=C\C/C=C\C/C=C\C/C=C\C/C=C\C/C=C\C/C=C\C/C=C\C/C=C\C/C=C\C/C=C\C/C=C\CCCCC(=O)NC(COC1OC(CO)C(OC2OC(CO)C(O)C(O)C2O)C(O)C1O)C(O)/C=C/CCCCCCCC. The first-order chi connectivity index (χ1) is 39.6. The van der Waals surface area contributed by atoms with Crippen LogP contribution in [0.2, 0.25) is 0 Å². The number of carbonyl (C=O) groups excluding carboxylic acids is 1. The zero-order chi connectivity index (χ0) is 58.8. The summed E-state index contributed by atoms with van der Waals surface area (Å²) in [4.78, 5) is 13.2. The first-order valence-electron chi connectivity index (χ1n) is 30.2. The van der Waals surface area contributed by atoms with Crippen LogP contribution in [0.3, 0.4) is 0 Å². The van der Waals surface area contributed by atoms with Crippen LogP contribution < -0.4 is 5.32 Å². The first kappa shape index (κ1) is 72.7. The highest BCUT2D eigenvalue weighted by molar-refractivity contribution is 5.76. The van der Waals surface area contributed by atoms with Crippen LogP contribution in [0.15, 0.2) is 158 Å². The molecule has 456 valence electrons. The van der Waals surface area contributed by atoms with Crippen molar-refractivity contribution in [2.45, 2.75) is 235 Å². The van der Waals surface area contributed by atoms with Crippen molar-refractivity contribution in [3.63, 3.8) is 0 Å². The second-order valence-corrected chi connectivity index (χ2v) is 20.4. The highest BCUT2D eigenvalue weighted by atomic mass is 16.7.